The molecule has 1 saturated heterocycles. The van der Waals surface area contributed by atoms with Crippen LogP contribution in [0.4, 0.5) is 0 Å². The lowest BCUT2D eigenvalue weighted by Crippen LogP contribution is -2.46. The van der Waals surface area contributed by atoms with Crippen molar-refractivity contribution >= 4 is 5.91 Å². The Kier molecular flexibility index (Phi) is 5.08. The Morgan fingerprint density at radius 2 is 2.22 bits per heavy atom. The van der Waals surface area contributed by atoms with E-state index in [1.807, 2.05) is 30.3 Å². The maximum absolute atomic E-state index is 12.1. The van der Waals surface area contributed by atoms with Gasteiger partial charge in [0.05, 0.1) is 6.20 Å². The number of aromatic nitrogens is 1. The molecule has 23 heavy (non-hydrogen) atoms. The van der Waals surface area contributed by atoms with Crippen molar-refractivity contribution in [3.63, 3.8) is 0 Å². The molecule has 0 spiro atoms. The molecule has 0 bridgehead atoms. The van der Waals surface area contributed by atoms with Crippen LogP contribution in [0.15, 0.2) is 40.9 Å². The molecular weight excluding hydrogens is 290 g/mol. The maximum atomic E-state index is 12.1. The van der Waals surface area contributed by atoms with Gasteiger partial charge in [0.2, 0.25) is 5.91 Å². The van der Waals surface area contributed by atoms with Crippen LogP contribution in [-0.4, -0.2) is 29.5 Å². The number of aryl methyl sites for hydroxylation is 1. The summed E-state index contributed by atoms with van der Waals surface area (Å²) < 4.78 is 5.73. The van der Waals surface area contributed by atoms with Crippen molar-refractivity contribution in [3.8, 4) is 11.3 Å². The molecule has 2 atom stereocenters. The van der Waals surface area contributed by atoms with Gasteiger partial charge in [-0.05, 0) is 26.3 Å². The van der Waals surface area contributed by atoms with Gasteiger partial charge >= 0.3 is 0 Å². The quantitative estimate of drug-likeness (QED) is 0.890. The molecule has 1 aromatic heterocycles. The van der Waals surface area contributed by atoms with Crippen molar-refractivity contribution in [2.45, 2.75) is 44.7 Å². The lowest BCUT2D eigenvalue weighted by Gasteiger charge is -2.28. The van der Waals surface area contributed by atoms with E-state index < -0.39 is 0 Å². The minimum atomic E-state index is 0.0727. The Labute approximate surface area is 136 Å². The molecule has 122 valence electrons. The molecule has 0 aliphatic carbocycles. The number of benzene rings is 1. The molecule has 5 nitrogen and oxygen atoms in total. The van der Waals surface area contributed by atoms with Gasteiger partial charge in [0.25, 0.3) is 0 Å². The van der Waals surface area contributed by atoms with E-state index in [1.165, 1.54) is 0 Å². The second kappa shape index (κ2) is 7.42. The van der Waals surface area contributed by atoms with Crippen LogP contribution in [0.5, 0.6) is 0 Å². The first-order valence-electron chi connectivity index (χ1n) is 8.23. The maximum Gasteiger partial charge on any atom is 0.220 e. The van der Waals surface area contributed by atoms with E-state index >= 15 is 0 Å². The van der Waals surface area contributed by atoms with Gasteiger partial charge in [0.15, 0.2) is 11.7 Å². The van der Waals surface area contributed by atoms with Crippen LogP contribution in [0.3, 0.4) is 0 Å². The summed E-state index contributed by atoms with van der Waals surface area (Å²) in [5.41, 5.74) is 0.999. The molecule has 1 amide bonds. The molecule has 2 aromatic rings. The molecule has 3 rings (SSSR count). The van der Waals surface area contributed by atoms with Crippen molar-refractivity contribution in [2.75, 3.05) is 6.54 Å². The zero-order valence-corrected chi connectivity index (χ0v) is 13.4. The molecule has 2 N–H and O–H groups in total. The number of hydrogen-bond acceptors (Lipinski definition) is 4. The normalized spacial score (nSPS) is 21.1. The molecule has 1 aliphatic rings. The zero-order chi connectivity index (χ0) is 16.1. The van der Waals surface area contributed by atoms with Gasteiger partial charge in [-0.15, -0.1) is 0 Å². The van der Waals surface area contributed by atoms with E-state index in [-0.39, 0.29) is 11.9 Å². The Hall–Kier alpha value is -2.14. The topological polar surface area (TPSA) is 67.2 Å². The molecular formula is C18H23N3O2. The monoisotopic (exact) mass is 313 g/mol. The van der Waals surface area contributed by atoms with Gasteiger partial charge in [-0.2, -0.15) is 0 Å². The van der Waals surface area contributed by atoms with Crippen LogP contribution >= 0.6 is 0 Å². The van der Waals surface area contributed by atoms with Crippen molar-refractivity contribution in [3.05, 3.63) is 42.4 Å². The molecule has 0 saturated carbocycles. The predicted octanol–water partition coefficient (Wildman–Crippen LogP) is 2.53. The average Bonchev–Trinajstić information content (AvgIpc) is 3.03. The first-order valence-corrected chi connectivity index (χ1v) is 8.23. The highest BCUT2D eigenvalue weighted by Crippen LogP contribution is 2.20. The minimum Gasteiger partial charge on any atom is -0.441 e. The molecule has 2 heterocycles. The average molecular weight is 313 g/mol. The highest BCUT2D eigenvalue weighted by molar-refractivity contribution is 5.76. The van der Waals surface area contributed by atoms with E-state index in [4.69, 9.17) is 4.42 Å². The molecule has 1 aliphatic heterocycles. The number of piperidine rings is 1. The SMILES string of the molecule is CC1CC(NC(=O)CCc2ncc(-c3ccccc3)o2)CCN1. The number of oxazole rings is 1. The Balaban J connectivity index is 1.48. The summed E-state index contributed by atoms with van der Waals surface area (Å²) in [6, 6.07) is 10.6. The van der Waals surface area contributed by atoms with Crippen LogP contribution in [-0.2, 0) is 11.2 Å². The lowest BCUT2D eigenvalue weighted by molar-refractivity contribution is -0.122. The van der Waals surface area contributed by atoms with E-state index in [9.17, 15) is 4.79 Å². The summed E-state index contributed by atoms with van der Waals surface area (Å²) in [6.45, 7) is 3.11. The zero-order valence-electron chi connectivity index (χ0n) is 13.4. The van der Waals surface area contributed by atoms with E-state index in [1.54, 1.807) is 6.20 Å². The third-order valence-electron chi connectivity index (χ3n) is 4.17. The molecule has 1 fully saturated rings. The van der Waals surface area contributed by atoms with E-state index in [0.29, 0.717) is 24.8 Å². The lowest BCUT2D eigenvalue weighted by atomic mass is 10.0. The summed E-state index contributed by atoms with van der Waals surface area (Å²) in [7, 11) is 0. The van der Waals surface area contributed by atoms with Crippen molar-refractivity contribution in [2.24, 2.45) is 0 Å². The standard InChI is InChI=1S/C18H23N3O2/c1-13-11-15(9-10-19-13)21-17(22)7-8-18-20-12-16(23-18)14-5-3-2-4-6-14/h2-6,12-13,15,19H,7-11H2,1H3,(H,21,22). The smallest absolute Gasteiger partial charge is 0.220 e. The Morgan fingerprint density at radius 1 is 1.39 bits per heavy atom. The van der Waals surface area contributed by atoms with Gasteiger partial charge in [0.1, 0.15) is 0 Å². The summed E-state index contributed by atoms with van der Waals surface area (Å²) in [5.74, 6) is 1.43. The van der Waals surface area contributed by atoms with E-state index in [0.717, 1.165) is 30.7 Å². The fraction of sp³-hybridized carbons (Fsp3) is 0.444. The first-order chi connectivity index (χ1) is 11.2. The highest BCUT2D eigenvalue weighted by atomic mass is 16.4. The van der Waals surface area contributed by atoms with Crippen LogP contribution in [0.25, 0.3) is 11.3 Å². The summed E-state index contributed by atoms with van der Waals surface area (Å²) in [4.78, 5) is 16.3. The number of amides is 1. The molecule has 5 heteroatoms. The van der Waals surface area contributed by atoms with Crippen LogP contribution < -0.4 is 10.6 Å². The number of nitrogens with one attached hydrogen (secondary N) is 2. The minimum absolute atomic E-state index is 0.0727. The number of rotatable bonds is 5. The Morgan fingerprint density at radius 3 is 3.00 bits per heavy atom. The highest BCUT2D eigenvalue weighted by Gasteiger charge is 2.20. The number of nitrogens with zero attached hydrogens (tertiary/aromatic N) is 1. The third-order valence-corrected chi connectivity index (χ3v) is 4.17. The van der Waals surface area contributed by atoms with Gasteiger partial charge in [-0.25, -0.2) is 4.98 Å². The number of carbonyl (C=O) groups is 1. The first kappa shape index (κ1) is 15.7. The van der Waals surface area contributed by atoms with Crippen LogP contribution in [0.2, 0.25) is 0 Å². The number of hydrogen-bond donors (Lipinski definition) is 2. The summed E-state index contributed by atoms with van der Waals surface area (Å²) in [6.07, 6.45) is 4.64. The van der Waals surface area contributed by atoms with Crippen molar-refractivity contribution in [1.29, 1.82) is 0 Å². The van der Waals surface area contributed by atoms with Crippen LogP contribution in [0.1, 0.15) is 32.1 Å². The third kappa shape index (κ3) is 4.42. The summed E-state index contributed by atoms with van der Waals surface area (Å²) in [5, 5.41) is 6.49. The van der Waals surface area contributed by atoms with Crippen LogP contribution in [0, 0.1) is 0 Å². The predicted molar refractivity (Wildman–Crippen MR) is 88.9 cm³/mol. The van der Waals surface area contributed by atoms with Crippen molar-refractivity contribution < 1.29 is 9.21 Å². The fourth-order valence-electron chi connectivity index (χ4n) is 2.95. The number of carbonyl (C=O) groups excluding carboxylic acids is 1. The molecule has 0 radical (unpaired) electrons. The fourth-order valence-corrected chi connectivity index (χ4v) is 2.95. The van der Waals surface area contributed by atoms with Gasteiger partial charge in [0, 0.05) is 30.5 Å². The van der Waals surface area contributed by atoms with Gasteiger partial charge in [-0.3, -0.25) is 4.79 Å². The summed E-state index contributed by atoms with van der Waals surface area (Å²) >= 11 is 0. The van der Waals surface area contributed by atoms with Gasteiger partial charge < -0.3 is 15.1 Å². The van der Waals surface area contributed by atoms with Gasteiger partial charge in [-0.1, -0.05) is 30.3 Å². The largest absolute Gasteiger partial charge is 0.441 e. The molecule has 1 aromatic carbocycles. The Bertz CT molecular complexity index is 639. The second-order valence-electron chi connectivity index (χ2n) is 6.13. The van der Waals surface area contributed by atoms with E-state index in [2.05, 4.69) is 22.5 Å². The molecule has 2 unspecified atom stereocenters. The van der Waals surface area contributed by atoms with Crippen molar-refractivity contribution in [1.82, 2.24) is 15.6 Å². The second-order valence-corrected chi connectivity index (χ2v) is 6.13.